The van der Waals surface area contributed by atoms with Crippen LogP contribution in [-0.2, 0) is 4.74 Å². The Kier molecular flexibility index (Phi) is 3.13. The van der Waals surface area contributed by atoms with E-state index in [4.69, 9.17) is 25.8 Å². The zero-order chi connectivity index (χ0) is 12.9. The molecule has 0 aliphatic carbocycles. The van der Waals surface area contributed by atoms with Gasteiger partial charge < -0.3 is 4.74 Å². The van der Waals surface area contributed by atoms with Crippen molar-refractivity contribution in [3.05, 3.63) is 12.8 Å². The van der Waals surface area contributed by atoms with Gasteiger partial charge in [-0.2, -0.15) is 21.0 Å². The number of aliphatic imine (C=N–C) groups is 1. The van der Waals surface area contributed by atoms with Gasteiger partial charge in [0, 0.05) is 12.6 Å². The van der Waals surface area contributed by atoms with Crippen molar-refractivity contribution in [3.63, 3.8) is 0 Å². The van der Waals surface area contributed by atoms with Gasteiger partial charge in [0.1, 0.15) is 0 Å². The zero-order valence-electron chi connectivity index (χ0n) is 8.79. The van der Waals surface area contributed by atoms with Crippen LogP contribution in [0.25, 0.3) is 0 Å². The number of nitriles is 4. The molecule has 0 fully saturated rings. The predicted molar refractivity (Wildman–Crippen MR) is 55.5 cm³/mol. The molecule has 1 aliphatic heterocycles. The lowest BCUT2D eigenvalue weighted by atomic mass is 9.63. The highest BCUT2D eigenvalue weighted by Gasteiger charge is 2.57. The van der Waals surface area contributed by atoms with Gasteiger partial charge in [0.25, 0.3) is 0 Å². The number of rotatable bonds is 2. The maximum absolute atomic E-state index is 9.11. The standard InChI is InChI=1S/C11H7N5O/c1-2-17-9-3-10(4-12,5-13)11(6-14,7-15)8-16-9/h2,8-9H,1,3H2. The van der Waals surface area contributed by atoms with Crippen LogP contribution in [0.2, 0.25) is 0 Å². The van der Waals surface area contributed by atoms with Crippen molar-refractivity contribution in [2.24, 2.45) is 15.8 Å². The highest BCUT2D eigenvalue weighted by atomic mass is 16.5. The Morgan fingerprint density at radius 3 is 2.24 bits per heavy atom. The Labute approximate surface area is 98.3 Å². The van der Waals surface area contributed by atoms with Crippen molar-refractivity contribution in [2.45, 2.75) is 12.6 Å². The lowest BCUT2D eigenvalue weighted by molar-refractivity contribution is 0.101. The molecule has 1 atom stereocenters. The minimum absolute atomic E-state index is 0.149. The van der Waals surface area contributed by atoms with E-state index in [1.165, 1.54) is 0 Å². The minimum Gasteiger partial charge on any atom is -0.477 e. The molecule has 0 bridgehead atoms. The summed E-state index contributed by atoms with van der Waals surface area (Å²) < 4.78 is 4.97. The van der Waals surface area contributed by atoms with Crippen molar-refractivity contribution in [1.82, 2.24) is 0 Å². The summed E-state index contributed by atoms with van der Waals surface area (Å²) in [6.07, 6.45) is 1.22. The maximum Gasteiger partial charge on any atom is 0.210 e. The third-order valence-corrected chi connectivity index (χ3v) is 2.58. The zero-order valence-corrected chi connectivity index (χ0v) is 8.79. The summed E-state index contributed by atoms with van der Waals surface area (Å²) in [7, 11) is 0. The number of hydrogen-bond donors (Lipinski definition) is 0. The van der Waals surface area contributed by atoms with Crippen LogP contribution >= 0.6 is 0 Å². The van der Waals surface area contributed by atoms with Crippen LogP contribution in [0.1, 0.15) is 6.42 Å². The SMILES string of the molecule is C=COC1CC(C#N)(C#N)C(C#N)(C#N)C=N1. The highest BCUT2D eigenvalue weighted by molar-refractivity contribution is 5.78. The first-order valence-electron chi connectivity index (χ1n) is 4.59. The van der Waals surface area contributed by atoms with Crippen LogP contribution in [0.4, 0.5) is 0 Å². The molecule has 82 valence electrons. The third-order valence-electron chi connectivity index (χ3n) is 2.58. The normalized spacial score (nSPS) is 23.2. The molecule has 6 nitrogen and oxygen atoms in total. The van der Waals surface area contributed by atoms with Gasteiger partial charge in [-0.05, 0) is 0 Å². The van der Waals surface area contributed by atoms with Crippen LogP contribution in [0.5, 0.6) is 0 Å². The monoisotopic (exact) mass is 225 g/mol. The Morgan fingerprint density at radius 1 is 1.24 bits per heavy atom. The van der Waals surface area contributed by atoms with Crippen LogP contribution in [0.15, 0.2) is 17.8 Å². The fourth-order valence-corrected chi connectivity index (χ4v) is 1.54. The van der Waals surface area contributed by atoms with Gasteiger partial charge in [-0.15, -0.1) is 0 Å². The molecule has 1 unspecified atom stereocenters. The quantitative estimate of drug-likeness (QED) is 0.650. The van der Waals surface area contributed by atoms with Crippen molar-refractivity contribution in [2.75, 3.05) is 0 Å². The van der Waals surface area contributed by atoms with Crippen molar-refractivity contribution in [1.29, 1.82) is 21.0 Å². The van der Waals surface area contributed by atoms with Crippen LogP contribution in [0.3, 0.4) is 0 Å². The largest absolute Gasteiger partial charge is 0.477 e. The average Bonchev–Trinajstić information content (AvgIpc) is 2.39. The molecule has 1 heterocycles. The van der Waals surface area contributed by atoms with E-state index in [9.17, 15) is 0 Å². The summed E-state index contributed by atoms with van der Waals surface area (Å²) in [6.45, 7) is 3.34. The van der Waals surface area contributed by atoms with Gasteiger partial charge in [0.05, 0.1) is 30.5 Å². The van der Waals surface area contributed by atoms with Gasteiger partial charge in [-0.3, -0.25) is 4.99 Å². The van der Waals surface area contributed by atoms with Crippen molar-refractivity contribution >= 4 is 6.21 Å². The van der Waals surface area contributed by atoms with Crippen LogP contribution < -0.4 is 0 Å². The molecule has 6 heteroatoms. The first kappa shape index (κ1) is 12.2. The summed E-state index contributed by atoms with van der Waals surface area (Å²) >= 11 is 0. The molecule has 0 saturated carbocycles. The topological polar surface area (TPSA) is 117 Å². The van der Waals surface area contributed by atoms with E-state index in [0.29, 0.717) is 0 Å². The van der Waals surface area contributed by atoms with E-state index in [-0.39, 0.29) is 6.42 Å². The molecule has 0 N–H and O–H groups in total. The maximum atomic E-state index is 9.11. The first-order valence-corrected chi connectivity index (χ1v) is 4.59. The second kappa shape index (κ2) is 4.35. The second-order valence-electron chi connectivity index (χ2n) is 3.40. The Hall–Kier alpha value is -2.83. The lowest BCUT2D eigenvalue weighted by Crippen LogP contribution is -2.45. The summed E-state index contributed by atoms with van der Waals surface area (Å²) in [5, 5.41) is 36.3. The van der Waals surface area contributed by atoms with E-state index in [0.717, 1.165) is 12.5 Å². The molecular formula is C11H7N5O. The molecule has 0 saturated heterocycles. The summed E-state index contributed by atoms with van der Waals surface area (Å²) in [5.41, 5.74) is -3.65. The molecule has 0 amide bonds. The van der Waals surface area contributed by atoms with E-state index in [2.05, 4.69) is 11.6 Å². The van der Waals surface area contributed by atoms with E-state index < -0.39 is 17.1 Å². The van der Waals surface area contributed by atoms with Gasteiger partial charge in [-0.1, -0.05) is 6.58 Å². The van der Waals surface area contributed by atoms with E-state index in [1.54, 1.807) is 24.3 Å². The second-order valence-corrected chi connectivity index (χ2v) is 3.40. The van der Waals surface area contributed by atoms with Gasteiger partial charge in [-0.25, -0.2) is 0 Å². The summed E-state index contributed by atoms with van der Waals surface area (Å²) in [6, 6.07) is 6.84. The molecule has 0 spiro atoms. The van der Waals surface area contributed by atoms with Gasteiger partial charge >= 0.3 is 0 Å². The number of ether oxygens (including phenoxy) is 1. The highest BCUT2D eigenvalue weighted by Crippen LogP contribution is 2.44. The van der Waals surface area contributed by atoms with Crippen LogP contribution in [-0.4, -0.2) is 12.4 Å². The minimum atomic E-state index is -1.86. The number of nitrogens with zero attached hydrogens (tertiary/aromatic N) is 5. The molecule has 17 heavy (non-hydrogen) atoms. The first-order chi connectivity index (χ1) is 8.13. The Morgan fingerprint density at radius 2 is 1.82 bits per heavy atom. The van der Waals surface area contributed by atoms with Crippen molar-refractivity contribution < 1.29 is 4.74 Å². The third kappa shape index (κ3) is 1.59. The van der Waals surface area contributed by atoms with Gasteiger partial charge in [0.2, 0.25) is 5.41 Å². The molecule has 0 aromatic rings. The Bertz CT molecular complexity index is 494. The van der Waals surface area contributed by atoms with E-state index in [1.807, 2.05) is 0 Å². The average molecular weight is 225 g/mol. The lowest BCUT2D eigenvalue weighted by Gasteiger charge is -2.33. The molecule has 1 aliphatic rings. The number of hydrogen-bond acceptors (Lipinski definition) is 6. The molecular weight excluding hydrogens is 218 g/mol. The van der Waals surface area contributed by atoms with Crippen molar-refractivity contribution in [3.8, 4) is 24.3 Å². The Balaban J connectivity index is 3.36. The van der Waals surface area contributed by atoms with Crippen LogP contribution in [0, 0.1) is 56.2 Å². The summed E-state index contributed by atoms with van der Waals surface area (Å²) in [4.78, 5) is 3.84. The van der Waals surface area contributed by atoms with E-state index >= 15 is 0 Å². The molecule has 0 aromatic carbocycles. The molecule has 1 rings (SSSR count). The summed E-state index contributed by atoms with van der Waals surface area (Å²) in [5.74, 6) is 0. The van der Waals surface area contributed by atoms with Gasteiger partial charge in [0.15, 0.2) is 11.6 Å². The fraction of sp³-hybridized carbons (Fsp3) is 0.364. The smallest absolute Gasteiger partial charge is 0.210 e. The molecule has 0 aromatic heterocycles. The predicted octanol–water partition coefficient (Wildman–Crippen LogP) is 1.01. The molecule has 0 radical (unpaired) electrons. The fourth-order valence-electron chi connectivity index (χ4n) is 1.54.